The predicted octanol–water partition coefficient (Wildman–Crippen LogP) is 3.91. The largest absolute Gasteiger partial charge is 0.392 e. The van der Waals surface area contributed by atoms with Gasteiger partial charge in [0.2, 0.25) is 11.7 Å². The van der Waals surface area contributed by atoms with E-state index in [4.69, 9.17) is 16.1 Å². The first-order chi connectivity index (χ1) is 11.6. The standard InChI is InChI=1S/C18H24ClN3O2/c1-13(23)11-22(16-8-3-2-4-9-16)12-17-20-18(21-24-17)14-6-5-7-15(19)10-14/h5-7,10,13,16,23H,2-4,8-9,11-12H2,1H3. The fourth-order valence-electron chi connectivity index (χ4n) is 3.37. The third-order valence-corrected chi connectivity index (χ3v) is 4.71. The summed E-state index contributed by atoms with van der Waals surface area (Å²) in [7, 11) is 0. The Kier molecular flexibility index (Phi) is 5.87. The van der Waals surface area contributed by atoms with E-state index in [1.807, 2.05) is 31.2 Å². The summed E-state index contributed by atoms with van der Waals surface area (Å²) in [6.07, 6.45) is 5.77. The average Bonchev–Trinajstić information content (AvgIpc) is 3.03. The predicted molar refractivity (Wildman–Crippen MR) is 93.7 cm³/mol. The summed E-state index contributed by atoms with van der Waals surface area (Å²) in [5.41, 5.74) is 0.845. The van der Waals surface area contributed by atoms with Gasteiger partial charge in [-0.3, -0.25) is 4.90 Å². The van der Waals surface area contributed by atoms with Gasteiger partial charge < -0.3 is 9.63 Å². The number of aromatic nitrogens is 2. The second-order valence-electron chi connectivity index (χ2n) is 6.59. The smallest absolute Gasteiger partial charge is 0.241 e. The molecule has 1 saturated carbocycles. The van der Waals surface area contributed by atoms with E-state index in [1.165, 1.54) is 32.1 Å². The number of benzene rings is 1. The van der Waals surface area contributed by atoms with Crippen LogP contribution in [0.2, 0.25) is 5.02 Å². The highest BCUT2D eigenvalue weighted by molar-refractivity contribution is 6.30. The molecule has 0 amide bonds. The minimum absolute atomic E-state index is 0.373. The number of nitrogens with zero attached hydrogens (tertiary/aromatic N) is 3. The van der Waals surface area contributed by atoms with Crippen molar-refractivity contribution in [3.8, 4) is 11.4 Å². The van der Waals surface area contributed by atoms with E-state index in [0.717, 1.165) is 5.56 Å². The van der Waals surface area contributed by atoms with Gasteiger partial charge in [-0.05, 0) is 31.9 Å². The minimum Gasteiger partial charge on any atom is -0.392 e. The van der Waals surface area contributed by atoms with Crippen molar-refractivity contribution in [2.45, 2.75) is 57.7 Å². The van der Waals surface area contributed by atoms with Gasteiger partial charge in [0.1, 0.15) is 0 Å². The summed E-state index contributed by atoms with van der Waals surface area (Å²) in [5.74, 6) is 1.13. The fraction of sp³-hybridized carbons (Fsp3) is 0.556. The Morgan fingerprint density at radius 1 is 1.33 bits per heavy atom. The first-order valence-corrected chi connectivity index (χ1v) is 9.00. The Hall–Kier alpha value is -1.43. The zero-order valence-corrected chi connectivity index (χ0v) is 14.7. The van der Waals surface area contributed by atoms with Gasteiger partial charge in [-0.1, -0.05) is 48.2 Å². The summed E-state index contributed by atoms with van der Waals surface area (Å²) in [6.45, 7) is 3.02. The summed E-state index contributed by atoms with van der Waals surface area (Å²) >= 11 is 6.02. The SMILES string of the molecule is CC(O)CN(Cc1nc(-c2cccc(Cl)c2)no1)C1CCCCC1. The van der Waals surface area contributed by atoms with Crippen LogP contribution >= 0.6 is 11.6 Å². The first kappa shape index (κ1) is 17.4. The molecule has 2 aromatic rings. The Morgan fingerprint density at radius 3 is 2.83 bits per heavy atom. The second kappa shape index (κ2) is 8.10. The number of hydrogen-bond donors (Lipinski definition) is 1. The highest BCUT2D eigenvalue weighted by atomic mass is 35.5. The van der Waals surface area contributed by atoms with Gasteiger partial charge >= 0.3 is 0 Å². The Labute approximate surface area is 147 Å². The van der Waals surface area contributed by atoms with Crippen molar-refractivity contribution >= 4 is 11.6 Å². The lowest BCUT2D eigenvalue weighted by molar-refractivity contribution is 0.0689. The van der Waals surface area contributed by atoms with Crippen molar-refractivity contribution < 1.29 is 9.63 Å². The van der Waals surface area contributed by atoms with Crippen LogP contribution in [0.15, 0.2) is 28.8 Å². The third-order valence-electron chi connectivity index (χ3n) is 4.48. The molecule has 1 aromatic heterocycles. The molecule has 0 spiro atoms. The van der Waals surface area contributed by atoms with Crippen molar-refractivity contribution in [1.29, 1.82) is 0 Å². The van der Waals surface area contributed by atoms with Gasteiger partial charge in [-0.15, -0.1) is 0 Å². The van der Waals surface area contributed by atoms with Crippen LogP contribution in [0.5, 0.6) is 0 Å². The molecule has 1 N–H and O–H groups in total. The summed E-state index contributed by atoms with van der Waals surface area (Å²) < 4.78 is 5.43. The molecule has 5 nitrogen and oxygen atoms in total. The number of halogens is 1. The van der Waals surface area contributed by atoms with E-state index in [-0.39, 0.29) is 6.10 Å². The maximum absolute atomic E-state index is 9.82. The summed E-state index contributed by atoms with van der Waals surface area (Å²) in [6, 6.07) is 7.91. The zero-order valence-electron chi connectivity index (χ0n) is 14.0. The van der Waals surface area contributed by atoms with Gasteiger partial charge in [0.15, 0.2) is 0 Å². The molecular formula is C18H24ClN3O2. The summed E-state index contributed by atoms with van der Waals surface area (Å²) in [4.78, 5) is 6.78. The van der Waals surface area contributed by atoms with Crippen LogP contribution in [0.25, 0.3) is 11.4 Å². The average molecular weight is 350 g/mol. The van der Waals surface area contributed by atoms with Gasteiger partial charge in [-0.25, -0.2) is 0 Å². The third kappa shape index (κ3) is 4.56. The second-order valence-corrected chi connectivity index (χ2v) is 7.03. The van der Waals surface area contributed by atoms with Crippen molar-refractivity contribution in [1.82, 2.24) is 15.0 Å². The van der Waals surface area contributed by atoms with E-state index in [2.05, 4.69) is 15.0 Å². The molecule has 1 unspecified atom stereocenters. The number of aliphatic hydroxyl groups excluding tert-OH is 1. The topological polar surface area (TPSA) is 62.4 Å². The van der Waals surface area contributed by atoms with Crippen LogP contribution in [0, 0.1) is 0 Å². The van der Waals surface area contributed by atoms with Crippen LogP contribution in [0.4, 0.5) is 0 Å². The lowest BCUT2D eigenvalue weighted by Crippen LogP contribution is -2.40. The molecule has 1 aliphatic carbocycles. The molecule has 0 saturated heterocycles. The monoisotopic (exact) mass is 349 g/mol. The molecule has 130 valence electrons. The Bertz CT molecular complexity index is 653. The van der Waals surface area contributed by atoms with Crippen LogP contribution in [-0.4, -0.2) is 38.8 Å². The maximum Gasteiger partial charge on any atom is 0.241 e. The highest BCUT2D eigenvalue weighted by Gasteiger charge is 2.24. The van der Waals surface area contributed by atoms with E-state index >= 15 is 0 Å². The molecular weight excluding hydrogens is 326 g/mol. The van der Waals surface area contributed by atoms with E-state index in [0.29, 0.717) is 35.9 Å². The molecule has 1 heterocycles. The Morgan fingerprint density at radius 2 is 2.12 bits per heavy atom. The molecule has 1 aliphatic rings. The van der Waals surface area contributed by atoms with Crippen molar-refractivity contribution in [3.05, 3.63) is 35.2 Å². The lowest BCUT2D eigenvalue weighted by Gasteiger charge is -2.34. The highest BCUT2D eigenvalue weighted by Crippen LogP contribution is 2.25. The number of aliphatic hydroxyl groups is 1. The van der Waals surface area contributed by atoms with Crippen LogP contribution in [0.3, 0.4) is 0 Å². The first-order valence-electron chi connectivity index (χ1n) is 8.62. The van der Waals surface area contributed by atoms with Gasteiger partial charge in [0.05, 0.1) is 12.6 Å². The summed E-state index contributed by atoms with van der Waals surface area (Å²) in [5, 5.41) is 14.5. The van der Waals surface area contributed by atoms with Crippen molar-refractivity contribution in [3.63, 3.8) is 0 Å². The van der Waals surface area contributed by atoms with E-state index in [1.54, 1.807) is 0 Å². The molecule has 3 rings (SSSR count). The maximum atomic E-state index is 9.82. The van der Waals surface area contributed by atoms with Gasteiger partial charge in [0, 0.05) is 23.2 Å². The molecule has 1 atom stereocenters. The van der Waals surface area contributed by atoms with Crippen LogP contribution in [0.1, 0.15) is 44.9 Å². The normalized spacial score (nSPS) is 17.3. The minimum atomic E-state index is -0.373. The Balaban J connectivity index is 1.72. The van der Waals surface area contributed by atoms with E-state index in [9.17, 15) is 5.11 Å². The molecule has 0 aliphatic heterocycles. The number of rotatable bonds is 6. The van der Waals surface area contributed by atoms with Gasteiger partial charge in [-0.2, -0.15) is 4.98 Å². The lowest BCUT2D eigenvalue weighted by atomic mass is 9.94. The van der Waals surface area contributed by atoms with Crippen molar-refractivity contribution in [2.75, 3.05) is 6.54 Å². The van der Waals surface area contributed by atoms with Crippen LogP contribution < -0.4 is 0 Å². The molecule has 6 heteroatoms. The molecule has 24 heavy (non-hydrogen) atoms. The quantitative estimate of drug-likeness (QED) is 0.856. The van der Waals surface area contributed by atoms with Crippen molar-refractivity contribution in [2.24, 2.45) is 0 Å². The van der Waals surface area contributed by atoms with Crippen LogP contribution in [-0.2, 0) is 6.54 Å². The molecule has 0 radical (unpaired) electrons. The molecule has 1 aromatic carbocycles. The van der Waals surface area contributed by atoms with Gasteiger partial charge in [0.25, 0.3) is 0 Å². The van der Waals surface area contributed by atoms with E-state index < -0.39 is 0 Å². The molecule has 0 bridgehead atoms. The fourth-order valence-corrected chi connectivity index (χ4v) is 3.56. The zero-order chi connectivity index (χ0) is 16.9. The number of hydrogen-bond acceptors (Lipinski definition) is 5. The molecule has 1 fully saturated rings.